The number of carboxylic acids is 3. The smallest absolute Gasteiger partial charge is 0.303 e. The van der Waals surface area contributed by atoms with E-state index in [4.69, 9.17) is 15.3 Å². The van der Waals surface area contributed by atoms with E-state index in [1.165, 1.54) is 135 Å². The van der Waals surface area contributed by atoms with E-state index in [9.17, 15) is 14.4 Å². The van der Waals surface area contributed by atoms with Crippen molar-refractivity contribution in [2.45, 2.75) is 213 Å². The van der Waals surface area contributed by atoms with E-state index < -0.39 is 17.9 Å². The number of hydrogen-bond donors (Lipinski definition) is 3. The van der Waals surface area contributed by atoms with Gasteiger partial charge in [0.15, 0.2) is 0 Å². The first-order valence-electron chi connectivity index (χ1n) is 18.0. The monoisotopic (exact) mass is 656 g/mol. The predicted octanol–water partition coefficient (Wildman–Crippen LogP) is 12.0. The molecule has 0 bridgehead atoms. The molecule has 0 aromatic rings. The predicted molar refractivity (Wildman–Crippen MR) is 178 cm³/mol. The number of hydrogen-bond acceptors (Lipinski definition) is 3. The molecule has 0 aliphatic rings. The Morgan fingerprint density at radius 1 is 0.302 bits per heavy atom. The molecule has 0 radical (unpaired) electrons. The van der Waals surface area contributed by atoms with Gasteiger partial charge in [-0.15, -0.1) is 0 Å². The zero-order chi connectivity index (χ0) is 31.9. The topological polar surface area (TPSA) is 112 Å². The normalized spacial score (nSPS) is 10.1. The van der Waals surface area contributed by atoms with Crippen molar-refractivity contribution in [3.05, 3.63) is 0 Å². The van der Waals surface area contributed by atoms with Gasteiger partial charge in [-0.2, -0.15) is 0 Å². The summed E-state index contributed by atoms with van der Waals surface area (Å²) in [6.07, 6.45) is 34.4. The summed E-state index contributed by atoms with van der Waals surface area (Å²) in [4.78, 5) is 30.6. The molecule has 0 amide bonds. The third-order valence-electron chi connectivity index (χ3n) is 7.48. The molecule has 6 nitrogen and oxygen atoms in total. The molecular formula is C36H72FeO6. The van der Waals surface area contributed by atoms with Crippen LogP contribution in [0.4, 0.5) is 0 Å². The van der Waals surface area contributed by atoms with Crippen molar-refractivity contribution in [2.75, 3.05) is 0 Å². The molecule has 0 saturated heterocycles. The molecule has 0 aromatic heterocycles. The third-order valence-corrected chi connectivity index (χ3v) is 7.48. The molecule has 0 fully saturated rings. The van der Waals surface area contributed by atoms with E-state index in [-0.39, 0.29) is 17.1 Å². The molecule has 3 N–H and O–H groups in total. The third kappa shape index (κ3) is 60.8. The molecule has 0 aliphatic carbocycles. The zero-order valence-corrected chi connectivity index (χ0v) is 29.7. The first kappa shape index (κ1) is 48.8. The van der Waals surface area contributed by atoms with E-state index in [1.807, 2.05) is 0 Å². The van der Waals surface area contributed by atoms with Crippen molar-refractivity contribution in [1.82, 2.24) is 0 Å². The van der Waals surface area contributed by atoms with Crippen molar-refractivity contribution in [1.29, 1.82) is 0 Å². The maximum atomic E-state index is 10.2. The molecule has 260 valence electrons. The van der Waals surface area contributed by atoms with Gasteiger partial charge >= 0.3 is 17.9 Å². The van der Waals surface area contributed by atoms with E-state index in [0.29, 0.717) is 19.3 Å². The average Bonchev–Trinajstić information content (AvgIpc) is 2.95. The second-order valence-corrected chi connectivity index (χ2v) is 11.9. The summed E-state index contributed by atoms with van der Waals surface area (Å²) in [6.45, 7) is 6.68. The summed E-state index contributed by atoms with van der Waals surface area (Å²) in [6, 6.07) is 0. The summed E-state index contributed by atoms with van der Waals surface area (Å²) in [5.41, 5.74) is 0. The minimum Gasteiger partial charge on any atom is -0.481 e. The van der Waals surface area contributed by atoms with Crippen LogP contribution in [-0.4, -0.2) is 33.2 Å². The van der Waals surface area contributed by atoms with Crippen molar-refractivity contribution in [3.8, 4) is 0 Å². The van der Waals surface area contributed by atoms with Gasteiger partial charge in [0, 0.05) is 36.3 Å². The van der Waals surface area contributed by atoms with Crippen LogP contribution in [0.2, 0.25) is 0 Å². The van der Waals surface area contributed by atoms with Crippen LogP contribution < -0.4 is 0 Å². The fourth-order valence-corrected chi connectivity index (χ4v) is 4.76. The molecular weight excluding hydrogens is 584 g/mol. The summed E-state index contributed by atoms with van der Waals surface area (Å²) in [7, 11) is 0. The number of carboxylic acid groups (broad SMARTS) is 3. The van der Waals surface area contributed by atoms with Crippen molar-refractivity contribution >= 4 is 17.9 Å². The quantitative estimate of drug-likeness (QED) is 0.0524. The van der Waals surface area contributed by atoms with Gasteiger partial charge in [0.05, 0.1) is 0 Å². The Balaban J connectivity index is -0.000000262. The molecule has 0 rings (SSSR count). The van der Waals surface area contributed by atoms with Crippen molar-refractivity contribution < 1.29 is 46.8 Å². The van der Waals surface area contributed by atoms with Crippen molar-refractivity contribution in [3.63, 3.8) is 0 Å². The Morgan fingerprint density at radius 3 is 0.581 bits per heavy atom. The molecule has 0 aromatic carbocycles. The van der Waals surface area contributed by atoms with Gasteiger partial charge in [0.25, 0.3) is 0 Å². The number of carbonyl (C=O) groups is 3. The van der Waals surface area contributed by atoms with Crippen LogP contribution in [0.15, 0.2) is 0 Å². The van der Waals surface area contributed by atoms with Crippen LogP contribution in [0.25, 0.3) is 0 Å². The van der Waals surface area contributed by atoms with E-state index >= 15 is 0 Å². The molecule has 0 heterocycles. The van der Waals surface area contributed by atoms with Crippen LogP contribution in [0.5, 0.6) is 0 Å². The molecule has 0 atom stereocenters. The fraction of sp³-hybridized carbons (Fsp3) is 0.917. The second kappa shape index (κ2) is 45.4. The van der Waals surface area contributed by atoms with E-state index in [1.54, 1.807) is 0 Å². The van der Waals surface area contributed by atoms with Crippen LogP contribution >= 0.6 is 0 Å². The fourth-order valence-electron chi connectivity index (χ4n) is 4.76. The van der Waals surface area contributed by atoms with Gasteiger partial charge in [-0.1, -0.05) is 175 Å². The molecule has 0 spiro atoms. The SMILES string of the molecule is CCCCCCCCCCCC(=O)O.CCCCCCCCCCCC(=O)O.CCCCCCCCCCCC(=O)O.[Fe]. The van der Waals surface area contributed by atoms with Gasteiger partial charge in [-0.3, -0.25) is 14.4 Å². The van der Waals surface area contributed by atoms with E-state index in [0.717, 1.165) is 38.5 Å². The van der Waals surface area contributed by atoms with Gasteiger partial charge in [0.2, 0.25) is 0 Å². The van der Waals surface area contributed by atoms with Crippen molar-refractivity contribution in [2.24, 2.45) is 0 Å². The maximum Gasteiger partial charge on any atom is 0.303 e. The summed E-state index contributed by atoms with van der Waals surface area (Å²) < 4.78 is 0. The van der Waals surface area contributed by atoms with Crippen LogP contribution in [0, 0.1) is 0 Å². The minimum absolute atomic E-state index is 0. The average molecular weight is 657 g/mol. The Morgan fingerprint density at radius 2 is 0.442 bits per heavy atom. The number of unbranched alkanes of at least 4 members (excludes halogenated alkanes) is 24. The molecule has 0 saturated carbocycles. The first-order valence-corrected chi connectivity index (χ1v) is 18.0. The van der Waals surface area contributed by atoms with Gasteiger partial charge in [-0.25, -0.2) is 0 Å². The van der Waals surface area contributed by atoms with Gasteiger partial charge in [0.1, 0.15) is 0 Å². The van der Waals surface area contributed by atoms with Crippen LogP contribution in [0.1, 0.15) is 213 Å². The zero-order valence-electron chi connectivity index (χ0n) is 28.6. The minimum atomic E-state index is -0.659. The molecule has 7 heteroatoms. The van der Waals surface area contributed by atoms with Gasteiger partial charge < -0.3 is 15.3 Å². The van der Waals surface area contributed by atoms with E-state index in [2.05, 4.69) is 20.8 Å². The van der Waals surface area contributed by atoms with Crippen LogP contribution in [-0.2, 0) is 31.5 Å². The Hall–Kier alpha value is -1.07. The Labute approximate surface area is 277 Å². The Kier molecular flexibility index (Phi) is 51.5. The van der Waals surface area contributed by atoms with Crippen LogP contribution in [0.3, 0.4) is 0 Å². The Bertz CT molecular complexity index is 480. The molecule has 43 heavy (non-hydrogen) atoms. The molecule has 0 unspecified atom stereocenters. The largest absolute Gasteiger partial charge is 0.481 e. The van der Waals surface area contributed by atoms with Gasteiger partial charge in [-0.05, 0) is 19.3 Å². The summed E-state index contributed by atoms with van der Waals surface area (Å²) in [5.74, 6) is -1.98. The second-order valence-electron chi connectivity index (χ2n) is 11.9. The number of aliphatic carboxylic acids is 3. The summed E-state index contributed by atoms with van der Waals surface area (Å²) >= 11 is 0. The maximum absolute atomic E-state index is 10.2. The standard InChI is InChI=1S/3C12H24O2.Fe/c3*1-2-3-4-5-6-7-8-9-10-11-12(13)14;/h3*2-11H2,1H3,(H,13,14);. The first-order chi connectivity index (χ1) is 20.3. The molecule has 0 aliphatic heterocycles. The number of rotatable bonds is 30. The summed E-state index contributed by atoms with van der Waals surface area (Å²) in [5, 5.41) is 25.2.